The van der Waals surface area contributed by atoms with Crippen molar-refractivity contribution in [1.29, 1.82) is 0 Å². The fourth-order valence-corrected chi connectivity index (χ4v) is 1.26. The van der Waals surface area contributed by atoms with Crippen LogP contribution >= 0.6 is 0 Å². The van der Waals surface area contributed by atoms with E-state index in [9.17, 15) is 0 Å². The molecule has 4 heteroatoms. The van der Waals surface area contributed by atoms with Gasteiger partial charge in [-0.25, -0.2) is 0 Å². The lowest BCUT2D eigenvalue weighted by molar-refractivity contribution is 0.288. The van der Waals surface area contributed by atoms with Gasteiger partial charge in [0.2, 0.25) is 0 Å². The third-order valence-electron chi connectivity index (χ3n) is 1.82. The predicted molar refractivity (Wildman–Crippen MR) is 44.0 cm³/mol. The number of rotatable bonds is 2. The second-order valence-corrected chi connectivity index (χ2v) is 2.68. The maximum absolute atomic E-state index is 8.59. The molecule has 2 N–H and O–H groups in total. The van der Waals surface area contributed by atoms with Gasteiger partial charge in [-0.3, -0.25) is 0 Å². The van der Waals surface area contributed by atoms with Crippen LogP contribution in [0.3, 0.4) is 0 Å². The van der Waals surface area contributed by atoms with E-state index < -0.39 is 0 Å². The van der Waals surface area contributed by atoms with E-state index in [2.05, 4.69) is 22.3 Å². The minimum atomic E-state index is 0.691. The van der Waals surface area contributed by atoms with Crippen LogP contribution < -0.4 is 5.32 Å². The number of piperazine rings is 1. The molecule has 0 amide bonds. The van der Waals surface area contributed by atoms with Crippen LogP contribution in [0, 0.1) is 0 Å². The van der Waals surface area contributed by atoms with Crippen molar-refractivity contribution >= 4 is 5.84 Å². The molecule has 0 aromatic heterocycles. The van der Waals surface area contributed by atoms with Gasteiger partial charge in [0.25, 0.3) is 0 Å². The van der Waals surface area contributed by atoms with Crippen molar-refractivity contribution in [2.24, 2.45) is 5.16 Å². The molecule has 0 radical (unpaired) electrons. The molecule has 0 aromatic carbocycles. The molecule has 0 spiro atoms. The van der Waals surface area contributed by atoms with Gasteiger partial charge in [-0.05, 0) is 6.42 Å². The monoisotopic (exact) mass is 157 g/mol. The molecule has 1 aliphatic heterocycles. The van der Waals surface area contributed by atoms with E-state index in [4.69, 9.17) is 5.21 Å². The van der Waals surface area contributed by atoms with Gasteiger partial charge >= 0.3 is 0 Å². The van der Waals surface area contributed by atoms with Gasteiger partial charge in [0.05, 0.1) is 6.54 Å². The SMILES string of the molecule is CCCN1CCNCC1=NO. The van der Waals surface area contributed by atoms with Crippen molar-refractivity contribution in [3.8, 4) is 0 Å². The second kappa shape index (κ2) is 4.18. The van der Waals surface area contributed by atoms with Gasteiger partial charge in [0, 0.05) is 19.6 Å². The zero-order chi connectivity index (χ0) is 8.10. The fraction of sp³-hybridized carbons (Fsp3) is 0.857. The van der Waals surface area contributed by atoms with E-state index in [0.717, 1.165) is 31.9 Å². The highest BCUT2D eigenvalue weighted by Gasteiger charge is 2.14. The predicted octanol–water partition coefficient (Wildman–Crippen LogP) is 0.0893. The average molecular weight is 157 g/mol. The van der Waals surface area contributed by atoms with Crippen LogP contribution in [0.25, 0.3) is 0 Å². The van der Waals surface area contributed by atoms with Gasteiger partial charge in [-0.1, -0.05) is 12.1 Å². The molecule has 0 bridgehead atoms. The maximum atomic E-state index is 8.59. The van der Waals surface area contributed by atoms with Crippen LogP contribution in [-0.4, -0.2) is 42.1 Å². The summed E-state index contributed by atoms with van der Waals surface area (Å²) in [6.07, 6.45) is 1.10. The Hall–Kier alpha value is -0.770. The smallest absolute Gasteiger partial charge is 0.158 e. The molecule has 1 heterocycles. The Labute approximate surface area is 66.9 Å². The zero-order valence-electron chi connectivity index (χ0n) is 6.88. The van der Waals surface area contributed by atoms with Crippen molar-refractivity contribution in [2.75, 3.05) is 26.2 Å². The Morgan fingerprint density at radius 1 is 1.73 bits per heavy atom. The Bertz CT molecular complexity index is 145. The molecule has 1 aliphatic rings. The molecule has 1 saturated heterocycles. The Morgan fingerprint density at radius 3 is 3.18 bits per heavy atom. The molecule has 0 unspecified atom stereocenters. The first-order valence-electron chi connectivity index (χ1n) is 4.05. The van der Waals surface area contributed by atoms with Crippen LogP contribution in [0.15, 0.2) is 5.16 Å². The Balaban J connectivity index is 2.45. The first-order valence-corrected chi connectivity index (χ1v) is 4.05. The summed E-state index contributed by atoms with van der Waals surface area (Å²) in [5.41, 5.74) is 0. The minimum Gasteiger partial charge on any atom is -0.409 e. The highest BCUT2D eigenvalue weighted by molar-refractivity contribution is 5.84. The summed E-state index contributed by atoms with van der Waals surface area (Å²) in [4.78, 5) is 2.11. The van der Waals surface area contributed by atoms with Crippen molar-refractivity contribution in [3.63, 3.8) is 0 Å². The molecule has 1 rings (SSSR count). The van der Waals surface area contributed by atoms with Crippen LogP contribution in [0.2, 0.25) is 0 Å². The standard InChI is InChI=1S/C7H15N3O/c1-2-4-10-5-3-8-6-7(10)9-11/h8,11H,2-6H2,1H3. The van der Waals surface area contributed by atoms with Crippen molar-refractivity contribution in [1.82, 2.24) is 10.2 Å². The van der Waals surface area contributed by atoms with Crippen LogP contribution in [-0.2, 0) is 0 Å². The maximum Gasteiger partial charge on any atom is 0.158 e. The number of amidine groups is 1. The fourth-order valence-electron chi connectivity index (χ4n) is 1.26. The van der Waals surface area contributed by atoms with Crippen molar-refractivity contribution < 1.29 is 5.21 Å². The quantitative estimate of drug-likeness (QED) is 0.441. The van der Waals surface area contributed by atoms with Crippen LogP contribution in [0.4, 0.5) is 0 Å². The molecule has 0 aromatic rings. The van der Waals surface area contributed by atoms with Crippen molar-refractivity contribution in [2.45, 2.75) is 13.3 Å². The molecule has 1 fully saturated rings. The zero-order valence-corrected chi connectivity index (χ0v) is 6.88. The highest BCUT2D eigenvalue weighted by atomic mass is 16.4. The second-order valence-electron chi connectivity index (χ2n) is 2.68. The topological polar surface area (TPSA) is 47.9 Å². The summed E-state index contributed by atoms with van der Waals surface area (Å²) in [7, 11) is 0. The molecule has 64 valence electrons. The van der Waals surface area contributed by atoms with Gasteiger partial charge in [0.15, 0.2) is 5.84 Å². The highest BCUT2D eigenvalue weighted by Crippen LogP contribution is 1.97. The first kappa shape index (κ1) is 8.33. The van der Waals surface area contributed by atoms with Crippen molar-refractivity contribution in [3.05, 3.63) is 0 Å². The number of nitrogens with zero attached hydrogens (tertiary/aromatic N) is 2. The normalized spacial score (nSPS) is 22.6. The summed E-state index contributed by atoms with van der Waals surface area (Å²) >= 11 is 0. The third kappa shape index (κ3) is 2.08. The molecule has 0 atom stereocenters. The molecule has 0 aliphatic carbocycles. The van der Waals surface area contributed by atoms with E-state index in [-0.39, 0.29) is 0 Å². The lowest BCUT2D eigenvalue weighted by atomic mass is 10.3. The summed E-state index contributed by atoms with van der Waals surface area (Å²) in [5.74, 6) is 0.762. The first-order chi connectivity index (χ1) is 5.38. The molecule has 4 nitrogen and oxygen atoms in total. The van der Waals surface area contributed by atoms with Gasteiger partial charge < -0.3 is 15.4 Å². The number of oxime groups is 1. The van der Waals surface area contributed by atoms with Gasteiger partial charge in [0.1, 0.15) is 0 Å². The van der Waals surface area contributed by atoms with Gasteiger partial charge in [-0.15, -0.1) is 0 Å². The third-order valence-corrected chi connectivity index (χ3v) is 1.82. The van der Waals surface area contributed by atoms with E-state index in [1.807, 2.05) is 0 Å². The molecule has 0 saturated carbocycles. The van der Waals surface area contributed by atoms with Gasteiger partial charge in [-0.2, -0.15) is 0 Å². The molecule has 11 heavy (non-hydrogen) atoms. The van der Waals surface area contributed by atoms with E-state index in [0.29, 0.717) is 6.54 Å². The van der Waals surface area contributed by atoms with Crippen LogP contribution in [0.5, 0.6) is 0 Å². The largest absolute Gasteiger partial charge is 0.409 e. The minimum absolute atomic E-state index is 0.691. The van der Waals surface area contributed by atoms with E-state index >= 15 is 0 Å². The number of hydrogen-bond donors (Lipinski definition) is 2. The summed E-state index contributed by atoms with van der Waals surface area (Å²) in [5, 5.41) is 15.0. The molecular weight excluding hydrogens is 142 g/mol. The lowest BCUT2D eigenvalue weighted by Crippen LogP contribution is -2.48. The Morgan fingerprint density at radius 2 is 2.55 bits per heavy atom. The lowest BCUT2D eigenvalue weighted by Gasteiger charge is -2.29. The van der Waals surface area contributed by atoms with E-state index in [1.165, 1.54) is 0 Å². The van der Waals surface area contributed by atoms with E-state index in [1.54, 1.807) is 0 Å². The number of hydrogen-bond acceptors (Lipinski definition) is 3. The summed E-state index contributed by atoms with van der Waals surface area (Å²) in [6.45, 7) is 5.74. The Kier molecular flexibility index (Phi) is 3.16. The number of nitrogens with one attached hydrogen (secondary N) is 1. The summed E-state index contributed by atoms with van der Waals surface area (Å²) < 4.78 is 0. The van der Waals surface area contributed by atoms with Crippen LogP contribution in [0.1, 0.15) is 13.3 Å². The summed E-state index contributed by atoms with van der Waals surface area (Å²) in [6, 6.07) is 0. The molecular formula is C7H15N3O. The average Bonchev–Trinajstić information content (AvgIpc) is 2.06.